The molecule has 98 valence electrons. The molecule has 1 aromatic carbocycles. The van der Waals surface area contributed by atoms with Crippen molar-refractivity contribution in [1.82, 2.24) is 5.32 Å². The lowest BCUT2D eigenvalue weighted by molar-refractivity contribution is -0.137. The van der Waals surface area contributed by atoms with Crippen molar-refractivity contribution in [3.8, 4) is 0 Å². The van der Waals surface area contributed by atoms with Gasteiger partial charge in [-0.2, -0.15) is 0 Å². The monoisotopic (exact) mass is 318 g/mol. The SMILES string of the molecule is O=C(O)CCNCC(=O)Nc1ccc(Br)cc1F. The highest BCUT2D eigenvalue weighted by Crippen LogP contribution is 2.18. The maximum atomic E-state index is 13.4. The summed E-state index contributed by atoms with van der Waals surface area (Å²) >= 11 is 3.11. The fraction of sp³-hybridized carbons (Fsp3) is 0.273. The second-order valence-electron chi connectivity index (χ2n) is 3.49. The lowest BCUT2D eigenvalue weighted by Gasteiger charge is -2.07. The molecule has 0 unspecified atom stereocenters. The van der Waals surface area contributed by atoms with Crippen LogP contribution in [0.5, 0.6) is 0 Å². The molecule has 0 aliphatic heterocycles. The first kappa shape index (κ1) is 14.6. The van der Waals surface area contributed by atoms with Crippen LogP contribution >= 0.6 is 15.9 Å². The smallest absolute Gasteiger partial charge is 0.304 e. The third kappa shape index (κ3) is 5.24. The Bertz CT molecular complexity index is 454. The molecule has 0 saturated heterocycles. The Morgan fingerprint density at radius 3 is 2.72 bits per heavy atom. The van der Waals surface area contributed by atoms with E-state index >= 15 is 0 Å². The number of carboxylic acid groups (broad SMARTS) is 1. The minimum Gasteiger partial charge on any atom is -0.481 e. The number of carbonyl (C=O) groups excluding carboxylic acids is 1. The number of carboxylic acids is 1. The third-order valence-corrected chi connectivity index (χ3v) is 2.50. The summed E-state index contributed by atoms with van der Waals surface area (Å²) in [5.41, 5.74) is 0.0863. The molecule has 0 bridgehead atoms. The number of nitrogens with one attached hydrogen (secondary N) is 2. The molecule has 0 radical (unpaired) electrons. The normalized spacial score (nSPS) is 10.1. The van der Waals surface area contributed by atoms with Crippen molar-refractivity contribution >= 4 is 33.5 Å². The highest BCUT2D eigenvalue weighted by molar-refractivity contribution is 9.10. The van der Waals surface area contributed by atoms with Gasteiger partial charge >= 0.3 is 5.97 Å². The van der Waals surface area contributed by atoms with Crippen molar-refractivity contribution in [3.05, 3.63) is 28.5 Å². The van der Waals surface area contributed by atoms with Crippen LogP contribution in [0.15, 0.2) is 22.7 Å². The maximum absolute atomic E-state index is 13.4. The Morgan fingerprint density at radius 1 is 1.39 bits per heavy atom. The van der Waals surface area contributed by atoms with Crippen LogP contribution in [-0.2, 0) is 9.59 Å². The third-order valence-electron chi connectivity index (χ3n) is 2.01. The predicted molar refractivity (Wildman–Crippen MR) is 67.9 cm³/mol. The van der Waals surface area contributed by atoms with E-state index in [9.17, 15) is 14.0 Å². The van der Waals surface area contributed by atoms with Crippen molar-refractivity contribution in [2.24, 2.45) is 0 Å². The van der Waals surface area contributed by atoms with Crippen LogP contribution in [-0.4, -0.2) is 30.1 Å². The van der Waals surface area contributed by atoms with E-state index < -0.39 is 17.7 Å². The predicted octanol–water partition coefficient (Wildman–Crippen LogP) is 1.59. The molecular formula is C11H12BrFN2O3. The van der Waals surface area contributed by atoms with E-state index in [4.69, 9.17) is 5.11 Å². The zero-order valence-corrected chi connectivity index (χ0v) is 11.0. The average Bonchev–Trinajstić information content (AvgIpc) is 2.28. The summed E-state index contributed by atoms with van der Waals surface area (Å²) in [6.45, 7) is 0.119. The van der Waals surface area contributed by atoms with Gasteiger partial charge in [0.1, 0.15) is 5.82 Å². The van der Waals surface area contributed by atoms with Crippen LogP contribution in [0.25, 0.3) is 0 Å². The Hall–Kier alpha value is -1.47. The Morgan fingerprint density at radius 2 is 2.11 bits per heavy atom. The number of benzene rings is 1. The number of rotatable bonds is 6. The molecule has 5 nitrogen and oxygen atoms in total. The molecule has 18 heavy (non-hydrogen) atoms. The lowest BCUT2D eigenvalue weighted by atomic mass is 10.3. The largest absolute Gasteiger partial charge is 0.481 e. The van der Waals surface area contributed by atoms with Crippen LogP contribution < -0.4 is 10.6 Å². The maximum Gasteiger partial charge on any atom is 0.304 e. The molecule has 0 saturated carbocycles. The van der Waals surface area contributed by atoms with Crippen molar-refractivity contribution in [2.45, 2.75) is 6.42 Å². The zero-order chi connectivity index (χ0) is 13.5. The van der Waals surface area contributed by atoms with Gasteiger partial charge in [-0.15, -0.1) is 0 Å². The summed E-state index contributed by atoms with van der Waals surface area (Å²) in [4.78, 5) is 21.6. The van der Waals surface area contributed by atoms with E-state index in [2.05, 4.69) is 26.6 Å². The van der Waals surface area contributed by atoms with Crippen LogP contribution in [0.4, 0.5) is 10.1 Å². The summed E-state index contributed by atoms with van der Waals surface area (Å²) in [6, 6.07) is 4.29. The van der Waals surface area contributed by atoms with E-state index in [0.717, 1.165) is 0 Å². The quantitative estimate of drug-likeness (QED) is 0.696. The number of halogens is 2. The minimum atomic E-state index is -0.943. The van der Waals surface area contributed by atoms with E-state index in [0.29, 0.717) is 4.47 Å². The highest BCUT2D eigenvalue weighted by Gasteiger charge is 2.07. The van der Waals surface area contributed by atoms with Gasteiger partial charge in [0.25, 0.3) is 0 Å². The zero-order valence-electron chi connectivity index (χ0n) is 9.37. The molecule has 7 heteroatoms. The van der Waals surface area contributed by atoms with Gasteiger partial charge in [-0.3, -0.25) is 9.59 Å². The van der Waals surface area contributed by atoms with Crippen molar-refractivity contribution < 1.29 is 19.1 Å². The van der Waals surface area contributed by atoms with Crippen molar-refractivity contribution in [3.63, 3.8) is 0 Å². The first-order valence-corrected chi connectivity index (χ1v) is 5.96. The molecule has 0 spiro atoms. The first-order valence-electron chi connectivity index (χ1n) is 5.16. The van der Waals surface area contributed by atoms with Crippen LogP contribution in [0.1, 0.15) is 6.42 Å². The van der Waals surface area contributed by atoms with Gasteiger partial charge in [-0.1, -0.05) is 15.9 Å². The second kappa shape index (κ2) is 7.07. The Kier molecular flexibility index (Phi) is 5.73. The fourth-order valence-corrected chi connectivity index (χ4v) is 1.52. The summed E-state index contributed by atoms with van der Waals surface area (Å²) in [5, 5.41) is 13.4. The minimum absolute atomic E-state index is 0.0667. The van der Waals surface area contributed by atoms with Gasteiger partial charge in [-0.25, -0.2) is 4.39 Å². The standard InChI is InChI=1S/C11H12BrFN2O3/c12-7-1-2-9(8(13)5-7)15-10(16)6-14-4-3-11(17)18/h1-2,5,14H,3-4,6H2,(H,15,16)(H,17,18). The number of hydrogen-bond acceptors (Lipinski definition) is 3. The van der Waals surface area contributed by atoms with Crippen molar-refractivity contribution in [1.29, 1.82) is 0 Å². The molecule has 0 aliphatic rings. The summed E-state index contributed by atoms with van der Waals surface area (Å²) in [6.07, 6.45) is -0.0695. The van der Waals surface area contributed by atoms with Crippen LogP contribution in [0.2, 0.25) is 0 Å². The van der Waals surface area contributed by atoms with Gasteiger partial charge in [0.15, 0.2) is 0 Å². The topological polar surface area (TPSA) is 78.4 Å². The van der Waals surface area contributed by atoms with E-state index in [1.165, 1.54) is 12.1 Å². The second-order valence-corrected chi connectivity index (χ2v) is 4.41. The van der Waals surface area contributed by atoms with E-state index in [-0.39, 0.29) is 25.2 Å². The molecule has 1 aromatic rings. The van der Waals surface area contributed by atoms with Crippen LogP contribution in [0.3, 0.4) is 0 Å². The number of hydrogen-bond donors (Lipinski definition) is 3. The van der Waals surface area contributed by atoms with Crippen molar-refractivity contribution in [2.75, 3.05) is 18.4 Å². The number of anilines is 1. The van der Waals surface area contributed by atoms with Crippen LogP contribution in [0, 0.1) is 5.82 Å². The summed E-state index contributed by atoms with van der Waals surface area (Å²) < 4.78 is 13.9. The number of aliphatic carboxylic acids is 1. The van der Waals surface area contributed by atoms with E-state index in [1.807, 2.05) is 0 Å². The van der Waals surface area contributed by atoms with Gasteiger partial charge in [0.2, 0.25) is 5.91 Å². The molecule has 0 atom stereocenters. The Balaban J connectivity index is 2.38. The number of amides is 1. The molecule has 0 fully saturated rings. The fourth-order valence-electron chi connectivity index (χ4n) is 1.18. The molecule has 3 N–H and O–H groups in total. The summed E-state index contributed by atoms with van der Waals surface area (Å²) in [5.74, 6) is -1.91. The highest BCUT2D eigenvalue weighted by atomic mass is 79.9. The summed E-state index contributed by atoms with van der Waals surface area (Å²) in [7, 11) is 0. The van der Waals surface area contributed by atoms with Gasteiger partial charge in [0.05, 0.1) is 18.7 Å². The molecule has 1 amide bonds. The Labute approximate surface area is 112 Å². The van der Waals surface area contributed by atoms with Gasteiger partial charge in [0, 0.05) is 11.0 Å². The number of carbonyl (C=O) groups is 2. The molecule has 1 rings (SSSR count). The average molecular weight is 319 g/mol. The lowest BCUT2D eigenvalue weighted by Crippen LogP contribution is -2.29. The van der Waals surface area contributed by atoms with E-state index in [1.54, 1.807) is 6.07 Å². The molecule has 0 aromatic heterocycles. The molecular weight excluding hydrogens is 307 g/mol. The first-order chi connectivity index (χ1) is 8.49. The molecule has 0 heterocycles. The van der Waals surface area contributed by atoms with Gasteiger partial charge in [-0.05, 0) is 18.2 Å². The molecule has 0 aliphatic carbocycles. The van der Waals surface area contributed by atoms with Gasteiger partial charge < -0.3 is 15.7 Å².